The molecule has 1 heterocycles. The van der Waals surface area contributed by atoms with Crippen molar-refractivity contribution in [2.45, 2.75) is 42.0 Å². The average molecular weight is 334 g/mol. The van der Waals surface area contributed by atoms with E-state index in [0.29, 0.717) is 34.4 Å². The Morgan fingerprint density at radius 3 is 2.45 bits per heavy atom. The van der Waals surface area contributed by atoms with Crippen LogP contribution in [0.1, 0.15) is 25.0 Å². The summed E-state index contributed by atoms with van der Waals surface area (Å²) in [5, 5.41) is 0.648. The molecule has 1 aliphatic rings. The van der Waals surface area contributed by atoms with Crippen LogP contribution in [0, 0.1) is 6.92 Å². The Kier molecular flexibility index (Phi) is 5.05. The van der Waals surface area contributed by atoms with Crippen LogP contribution in [0.15, 0.2) is 23.1 Å². The molecular formula is C14H20ClNO2S2. The van der Waals surface area contributed by atoms with Gasteiger partial charge in [0.25, 0.3) is 0 Å². The van der Waals surface area contributed by atoms with Gasteiger partial charge in [-0.15, -0.1) is 11.6 Å². The molecule has 0 spiro atoms. The van der Waals surface area contributed by atoms with E-state index in [9.17, 15) is 8.42 Å². The number of halogens is 1. The van der Waals surface area contributed by atoms with Gasteiger partial charge in [0, 0.05) is 29.5 Å². The molecule has 0 saturated carbocycles. The predicted octanol–water partition coefficient (Wildman–Crippen LogP) is 3.25. The molecule has 0 bridgehead atoms. The van der Waals surface area contributed by atoms with Crippen molar-refractivity contribution < 1.29 is 8.42 Å². The summed E-state index contributed by atoms with van der Waals surface area (Å²) in [4.78, 5) is 0.391. The molecular weight excluding hydrogens is 314 g/mol. The quantitative estimate of drug-likeness (QED) is 0.797. The highest BCUT2D eigenvalue weighted by molar-refractivity contribution is 8.00. The molecule has 0 N–H and O–H groups in total. The highest BCUT2D eigenvalue weighted by Crippen LogP contribution is 2.30. The Morgan fingerprint density at radius 1 is 1.30 bits per heavy atom. The molecule has 1 aromatic rings. The number of benzene rings is 1. The van der Waals surface area contributed by atoms with E-state index in [2.05, 4.69) is 13.8 Å². The first-order chi connectivity index (χ1) is 9.36. The summed E-state index contributed by atoms with van der Waals surface area (Å²) in [7, 11) is -3.43. The maximum atomic E-state index is 12.8. The average Bonchev–Trinajstić information content (AvgIpc) is 2.37. The number of hydrogen-bond acceptors (Lipinski definition) is 3. The zero-order chi connectivity index (χ0) is 14.9. The summed E-state index contributed by atoms with van der Waals surface area (Å²) in [5.41, 5.74) is 1.64. The van der Waals surface area contributed by atoms with Gasteiger partial charge in [-0.1, -0.05) is 26.0 Å². The molecule has 3 nitrogen and oxygen atoms in total. The molecule has 2 rings (SSSR count). The van der Waals surface area contributed by atoms with Gasteiger partial charge in [-0.2, -0.15) is 16.1 Å². The van der Waals surface area contributed by atoms with Gasteiger partial charge >= 0.3 is 0 Å². The second-order valence-corrected chi connectivity index (χ2v) is 9.31. The van der Waals surface area contributed by atoms with Crippen LogP contribution in [0.2, 0.25) is 0 Å². The number of thioether (sulfide) groups is 1. The molecule has 1 saturated heterocycles. The summed E-state index contributed by atoms with van der Waals surface area (Å²) in [6.07, 6.45) is 0. The fraction of sp³-hybridized carbons (Fsp3) is 0.571. The monoisotopic (exact) mass is 333 g/mol. The Morgan fingerprint density at radius 2 is 1.90 bits per heavy atom. The van der Waals surface area contributed by atoms with E-state index in [-0.39, 0.29) is 0 Å². The van der Waals surface area contributed by atoms with Gasteiger partial charge in [-0.05, 0) is 24.1 Å². The van der Waals surface area contributed by atoms with Crippen LogP contribution in [0.4, 0.5) is 0 Å². The lowest BCUT2D eigenvalue weighted by molar-refractivity contribution is 0.404. The van der Waals surface area contributed by atoms with E-state index >= 15 is 0 Å². The number of alkyl halides is 1. The molecule has 1 aromatic carbocycles. The third kappa shape index (κ3) is 3.16. The first-order valence-corrected chi connectivity index (χ1v) is 9.58. The minimum atomic E-state index is -3.43. The van der Waals surface area contributed by atoms with E-state index in [1.165, 1.54) is 0 Å². The Balaban J connectivity index is 2.40. The molecule has 0 radical (unpaired) electrons. The van der Waals surface area contributed by atoms with E-state index in [0.717, 1.165) is 11.1 Å². The van der Waals surface area contributed by atoms with Crippen molar-refractivity contribution in [2.75, 3.05) is 13.1 Å². The van der Waals surface area contributed by atoms with Crippen LogP contribution < -0.4 is 0 Å². The van der Waals surface area contributed by atoms with Crippen LogP contribution in [-0.2, 0) is 15.9 Å². The molecule has 1 aliphatic heterocycles. The van der Waals surface area contributed by atoms with Crippen LogP contribution >= 0.6 is 23.4 Å². The van der Waals surface area contributed by atoms with Gasteiger partial charge in [0.15, 0.2) is 0 Å². The topological polar surface area (TPSA) is 37.4 Å². The Hall–Kier alpha value is -0.230. The Bertz CT molecular complexity index is 579. The van der Waals surface area contributed by atoms with E-state index < -0.39 is 10.0 Å². The number of sulfonamides is 1. The van der Waals surface area contributed by atoms with Gasteiger partial charge in [-0.25, -0.2) is 8.42 Å². The Labute approximate surface area is 130 Å². The van der Waals surface area contributed by atoms with Gasteiger partial charge < -0.3 is 0 Å². The molecule has 1 fully saturated rings. The van der Waals surface area contributed by atoms with Crippen molar-refractivity contribution in [3.05, 3.63) is 29.3 Å². The highest BCUT2D eigenvalue weighted by Gasteiger charge is 2.33. The van der Waals surface area contributed by atoms with Crippen molar-refractivity contribution in [3.8, 4) is 0 Å². The minimum Gasteiger partial charge on any atom is -0.207 e. The minimum absolute atomic E-state index is 0.324. The van der Waals surface area contributed by atoms with E-state index in [1.54, 1.807) is 16.4 Å². The van der Waals surface area contributed by atoms with Crippen molar-refractivity contribution >= 4 is 33.4 Å². The zero-order valence-electron chi connectivity index (χ0n) is 12.0. The summed E-state index contributed by atoms with van der Waals surface area (Å²) in [6, 6.07) is 5.32. The summed E-state index contributed by atoms with van der Waals surface area (Å²) in [6.45, 7) is 7.12. The number of nitrogens with zero attached hydrogens (tertiary/aromatic N) is 1. The smallest absolute Gasteiger partial charge is 0.207 e. The molecule has 20 heavy (non-hydrogen) atoms. The van der Waals surface area contributed by atoms with E-state index in [1.807, 2.05) is 24.8 Å². The first kappa shape index (κ1) is 16.1. The fourth-order valence-electron chi connectivity index (χ4n) is 2.55. The lowest BCUT2D eigenvalue weighted by atomic mass is 10.1. The third-order valence-corrected chi connectivity index (χ3v) is 7.04. The third-order valence-electron chi connectivity index (χ3n) is 3.54. The molecule has 2 atom stereocenters. The lowest BCUT2D eigenvalue weighted by Crippen LogP contribution is -2.44. The molecule has 6 heteroatoms. The standard InChI is InChI=1S/C14H20ClNO2S2/c1-10-8-16(9-11(2)19-10)20(17,18)14-6-4-5-13(7-15)12(14)3/h4-6,10-11H,7-9H2,1-3H3. The summed E-state index contributed by atoms with van der Waals surface area (Å²) >= 11 is 7.72. The maximum Gasteiger partial charge on any atom is 0.243 e. The van der Waals surface area contributed by atoms with Crippen LogP contribution in [0.3, 0.4) is 0 Å². The number of rotatable bonds is 3. The largest absolute Gasteiger partial charge is 0.243 e. The van der Waals surface area contributed by atoms with Crippen molar-refractivity contribution in [1.82, 2.24) is 4.31 Å². The molecule has 0 aromatic heterocycles. The van der Waals surface area contributed by atoms with Gasteiger partial charge in [0.05, 0.1) is 4.90 Å². The van der Waals surface area contributed by atoms with Gasteiger partial charge in [-0.3, -0.25) is 0 Å². The van der Waals surface area contributed by atoms with Crippen LogP contribution in [0.25, 0.3) is 0 Å². The highest BCUT2D eigenvalue weighted by atomic mass is 35.5. The molecule has 2 unspecified atom stereocenters. The zero-order valence-corrected chi connectivity index (χ0v) is 14.4. The van der Waals surface area contributed by atoms with Crippen molar-refractivity contribution in [2.24, 2.45) is 0 Å². The normalized spacial score (nSPS) is 24.8. The molecule has 0 aliphatic carbocycles. The van der Waals surface area contributed by atoms with Crippen molar-refractivity contribution in [3.63, 3.8) is 0 Å². The molecule has 112 valence electrons. The van der Waals surface area contributed by atoms with Crippen molar-refractivity contribution in [1.29, 1.82) is 0 Å². The summed E-state index contributed by atoms with van der Waals surface area (Å²) < 4.78 is 27.3. The number of hydrogen-bond donors (Lipinski definition) is 0. The van der Waals surface area contributed by atoms with Gasteiger partial charge in [0.1, 0.15) is 0 Å². The van der Waals surface area contributed by atoms with Crippen LogP contribution in [0.5, 0.6) is 0 Å². The lowest BCUT2D eigenvalue weighted by Gasteiger charge is -2.34. The predicted molar refractivity (Wildman–Crippen MR) is 86.0 cm³/mol. The second kappa shape index (κ2) is 6.26. The van der Waals surface area contributed by atoms with Crippen LogP contribution in [-0.4, -0.2) is 36.3 Å². The summed E-state index contributed by atoms with van der Waals surface area (Å²) in [5.74, 6) is 0.331. The van der Waals surface area contributed by atoms with E-state index in [4.69, 9.17) is 11.6 Å². The maximum absolute atomic E-state index is 12.8. The molecule has 0 amide bonds. The first-order valence-electron chi connectivity index (χ1n) is 6.66. The SMILES string of the molecule is Cc1c(CCl)cccc1S(=O)(=O)N1CC(C)SC(C)C1. The second-order valence-electron chi connectivity index (χ2n) is 5.25. The fourth-order valence-corrected chi connectivity index (χ4v) is 6.24. The van der Waals surface area contributed by atoms with Gasteiger partial charge in [0.2, 0.25) is 10.0 Å².